The first-order chi connectivity index (χ1) is 13.6. The fourth-order valence-corrected chi connectivity index (χ4v) is 4.89. The lowest BCUT2D eigenvalue weighted by Gasteiger charge is -2.25. The van der Waals surface area contributed by atoms with Crippen LogP contribution >= 0.6 is 0 Å². The minimum absolute atomic E-state index is 0.181. The van der Waals surface area contributed by atoms with Gasteiger partial charge in [-0.3, -0.25) is 4.79 Å². The molecule has 2 aromatic rings. The summed E-state index contributed by atoms with van der Waals surface area (Å²) in [6, 6.07) is 11.4. The van der Waals surface area contributed by atoms with Crippen molar-refractivity contribution in [2.45, 2.75) is 44.4 Å². The first-order valence-electron chi connectivity index (χ1n) is 9.97. The van der Waals surface area contributed by atoms with E-state index >= 15 is 0 Å². The highest BCUT2D eigenvalue weighted by atomic mass is 16.5. The van der Waals surface area contributed by atoms with Gasteiger partial charge in [-0.25, -0.2) is 4.79 Å². The van der Waals surface area contributed by atoms with Crippen molar-refractivity contribution < 1.29 is 19.4 Å². The molecule has 1 amide bonds. The van der Waals surface area contributed by atoms with Gasteiger partial charge in [-0.05, 0) is 35.6 Å². The van der Waals surface area contributed by atoms with Crippen LogP contribution in [0.5, 0.6) is 5.75 Å². The molecular formula is C23H25NO4. The number of aliphatic carboxylic acids is 1. The van der Waals surface area contributed by atoms with Crippen LogP contribution < -0.4 is 10.5 Å². The van der Waals surface area contributed by atoms with Crippen molar-refractivity contribution in [3.8, 4) is 16.9 Å². The number of ether oxygens (including phenoxy) is 1. The molecule has 2 aromatic carbocycles. The molecule has 4 rings (SSSR count). The standard InChI is InChI=1S/C23H25NO4/c24-23(27)17-10-4-8-15-18(12-14-6-2-1-3-7-14)16-9-5-11-19(22(16)21(15)17)28-13-20(25)26/h4-5,8-11,14,18H,1-3,6-7,12-13H2,(H2,24,27)(H,25,26). The van der Waals surface area contributed by atoms with Crippen LogP contribution in [0, 0.1) is 5.92 Å². The molecule has 146 valence electrons. The maximum atomic E-state index is 12.1. The number of nitrogens with two attached hydrogens (primary N) is 1. The molecule has 0 spiro atoms. The van der Waals surface area contributed by atoms with Crippen molar-refractivity contribution in [1.82, 2.24) is 0 Å². The number of carbonyl (C=O) groups excluding carboxylic acids is 1. The van der Waals surface area contributed by atoms with E-state index in [9.17, 15) is 9.59 Å². The van der Waals surface area contributed by atoms with Gasteiger partial charge in [-0.15, -0.1) is 0 Å². The van der Waals surface area contributed by atoms with Crippen LogP contribution in [0.1, 0.15) is 65.9 Å². The van der Waals surface area contributed by atoms with E-state index < -0.39 is 18.5 Å². The van der Waals surface area contributed by atoms with E-state index in [-0.39, 0.29) is 5.92 Å². The smallest absolute Gasteiger partial charge is 0.341 e. The molecule has 2 aliphatic carbocycles. The summed E-state index contributed by atoms with van der Waals surface area (Å²) in [5.74, 6) is -0.160. The Morgan fingerprint density at radius 1 is 1.00 bits per heavy atom. The second-order valence-electron chi connectivity index (χ2n) is 7.83. The average molecular weight is 379 g/mol. The molecule has 5 heteroatoms. The van der Waals surface area contributed by atoms with Gasteiger partial charge in [0.2, 0.25) is 5.91 Å². The number of benzene rings is 2. The number of primary amides is 1. The van der Waals surface area contributed by atoms with Gasteiger partial charge in [0.1, 0.15) is 5.75 Å². The van der Waals surface area contributed by atoms with Crippen molar-refractivity contribution in [3.63, 3.8) is 0 Å². The summed E-state index contributed by atoms with van der Waals surface area (Å²) in [6.07, 6.45) is 7.39. The van der Waals surface area contributed by atoms with Crippen LogP contribution in [0.15, 0.2) is 36.4 Å². The topological polar surface area (TPSA) is 89.6 Å². The summed E-state index contributed by atoms with van der Waals surface area (Å²) in [5, 5.41) is 9.03. The van der Waals surface area contributed by atoms with Gasteiger partial charge in [0.05, 0.1) is 0 Å². The van der Waals surface area contributed by atoms with E-state index in [1.807, 2.05) is 12.1 Å². The van der Waals surface area contributed by atoms with Gasteiger partial charge >= 0.3 is 5.97 Å². The monoisotopic (exact) mass is 379 g/mol. The van der Waals surface area contributed by atoms with E-state index in [0.29, 0.717) is 17.2 Å². The molecule has 1 unspecified atom stereocenters. The highest BCUT2D eigenvalue weighted by molar-refractivity contribution is 6.03. The van der Waals surface area contributed by atoms with Crippen LogP contribution in [-0.4, -0.2) is 23.6 Å². The first kappa shape index (κ1) is 18.5. The predicted octanol–water partition coefficient (Wildman–Crippen LogP) is 4.33. The fraction of sp³-hybridized carbons (Fsp3) is 0.391. The van der Waals surface area contributed by atoms with Crippen molar-refractivity contribution >= 4 is 11.9 Å². The number of hydrogen-bond donors (Lipinski definition) is 2. The Kier molecular flexibility index (Phi) is 5.07. The largest absolute Gasteiger partial charge is 0.481 e. The molecule has 0 aromatic heterocycles. The third-order valence-electron chi connectivity index (χ3n) is 6.07. The van der Waals surface area contributed by atoms with Crippen LogP contribution in [0.3, 0.4) is 0 Å². The molecule has 0 heterocycles. The lowest BCUT2D eigenvalue weighted by Crippen LogP contribution is -2.13. The van der Waals surface area contributed by atoms with Crippen molar-refractivity contribution in [3.05, 3.63) is 53.1 Å². The summed E-state index contributed by atoms with van der Waals surface area (Å²) in [4.78, 5) is 23.2. The maximum absolute atomic E-state index is 12.1. The third-order valence-corrected chi connectivity index (χ3v) is 6.07. The number of carboxylic acids is 1. The van der Waals surface area contributed by atoms with E-state index in [4.69, 9.17) is 15.6 Å². The first-order valence-corrected chi connectivity index (χ1v) is 9.97. The van der Waals surface area contributed by atoms with Crippen LogP contribution in [0.4, 0.5) is 0 Å². The molecule has 0 bridgehead atoms. The van der Waals surface area contributed by atoms with Gasteiger partial charge < -0.3 is 15.6 Å². The molecule has 2 aliphatic rings. The second kappa shape index (κ2) is 7.66. The van der Waals surface area contributed by atoms with E-state index in [2.05, 4.69) is 12.1 Å². The van der Waals surface area contributed by atoms with E-state index in [1.54, 1.807) is 12.1 Å². The minimum atomic E-state index is -1.03. The summed E-state index contributed by atoms with van der Waals surface area (Å²) in [6.45, 7) is -0.419. The Balaban J connectivity index is 1.82. The Morgan fingerprint density at radius 3 is 2.36 bits per heavy atom. The molecule has 5 nitrogen and oxygen atoms in total. The third kappa shape index (κ3) is 3.37. The lowest BCUT2D eigenvalue weighted by molar-refractivity contribution is -0.139. The SMILES string of the molecule is NC(=O)c1cccc2c1-c1c(OCC(=O)O)cccc1C2CC1CCCCC1. The molecule has 0 aliphatic heterocycles. The van der Waals surface area contributed by atoms with Crippen molar-refractivity contribution in [1.29, 1.82) is 0 Å². The molecule has 1 saturated carbocycles. The van der Waals surface area contributed by atoms with Crippen molar-refractivity contribution in [2.24, 2.45) is 11.7 Å². The Hall–Kier alpha value is -2.82. The number of carboxylic acid groups (broad SMARTS) is 1. The quantitative estimate of drug-likeness (QED) is 0.782. The molecule has 0 radical (unpaired) electrons. The number of fused-ring (bicyclic) bond motifs is 3. The number of amides is 1. The Morgan fingerprint density at radius 2 is 1.68 bits per heavy atom. The molecule has 3 N–H and O–H groups in total. The zero-order valence-electron chi connectivity index (χ0n) is 15.8. The molecule has 0 saturated heterocycles. The lowest BCUT2D eigenvalue weighted by atomic mass is 9.79. The highest BCUT2D eigenvalue weighted by Gasteiger charge is 2.35. The molecule has 1 atom stereocenters. The second-order valence-corrected chi connectivity index (χ2v) is 7.83. The summed E-state index contributed by atoms with van der Waals surface area (Å²) in [7, 11) is 0. The van der Waals surface area contributed by atoms with Gasteiger partial charge in [-0.1, -0.05) is 56.4 Å². The highest BCUT2D eigenvalue weighted by Crippen LogP contribution is 2.53. The number of carbonyl (C=O) groups is 2. The van der Waals surface area contributed by atoms with Gasteiger partial charge in [0, 0.05) is 22.6 Å². The number of hydrogen-bond acceptors (Lipinski definition) is 3. The zero-order valence-corrected chi connectivity index (χ0v) is 15.8. The summed E-state index contributed by atoms with van der Waals surface area (Å²) >= 11 is 0. The molecule has 1 fully saturated rings. The van der Waals surface area contributed by atoms with Crippen LogP contribution in [0.25, 0.3) is 11.1 Å². The molecule has 28 heavy (non-hydrogen) atoms. The minimum Gasteiger partial charge on any atom is -0.481 e. The van der Waals surface area contributed by atoms with Crippen molar-refractivity contribution in [2.75, 3.05) is 6.61 Å². The van der Waals surface area contributed by atoms with Gasteiger partial charge in [0.15, 0.2) is 6.61 Å². The Bertz CT molecular complexity index is 915. The number of rotatable bonds is 6. The summed E-state index contributed by atoms with van der Waals surface area (Å²) < 4.78 is 5.59. The molecular weight excluding hydrogens is 354 g/mol. The predicted molar refractivity (Wildman–Crippen MR) is 107 cm³/mol. The van der Waals surface area contributed by atoms with E-state index in [0.717, 1.165) is 28.7 Å². The van der Waals surface area contributed by atoms with Crippen LogP contribution in [0.2, 0.25) is 0 Å². The van der Waals surface area contributed by atoms with Gasteiger partial charge in [0.25, 0.3) is 0 Å². The maximum Gasteiger partial charge on any atom is 0.341 e. The zero-order chi connectivity index (χ0) is 19.7. The Labute approximate surface area is 164 Å². The van der Waals surface area contributed by atoms with Gasteiger partial charge in [-0.2, -0.15) is 0 Å². The average Bonchev–Trinajstić information content (AvgIpc) is 3.01. The summed E-state index contributed by atoms with van der Waals surface area (Å²) in [5.41, 5.74) is 9.99. The normalized spacial score (nSPS) is 18.4. The van der Waals surface area contributed by atoms with Crippen LogP contribution in [-0.2, 0) is 4.79 Å². The van der Waals surface area contributed by atoms with E-state index in [1.165, 1.54) is 32.1 Å². The fourth-order valence-electron chi connectivity index (χ4n) is 4.89.